The van der Waals surface area contributed by atoms with E-state index in [0.717, 1.165) is 19.4 Å². The van der Waals surface area contributed by atoms with Crippen molar-refractivity contribution in [3.8, 4) is 0 Å². The summed E-state index contributed by atoms with van der Waals surface area (Å²) in [6.45, 7) is 5.53. The summed E-state index contributed by atoms with van der Waals surface area (Å²) < 4.78 is 0. The van der Waals surface area contributed by atoms with E-state index in [1.807, 2.05) is 0 Å². The molecular formula is C19H24N2. The third-order valence-corrected chi connectivity index (χ3v) is 4.41. The average molecular weight is 280 g/mol. The monoisotopic (exact) mass is 280 g/mol. The van der Waals surface area contributed by atoms with Crippen molar-refractivity contribution in [1.82, 2.24) is 0 Å². The highest BCUT2D eigenvalue weighted by molar-refractivity contribution is 5.70. The highest BCUT2D eigenvalue weighted by Gasteiger charge is 2.24. The lowest BCUT2D eigenvalue weighted by atomic mass is 9.92. The Hall–Kier alpha value is -1.80. The van der Waals surface area contributed by atoms with Crippen LogP contribution in [0.25, 0.3) is 0 Å². The van der Waals surface area contributed by atoms with E-state index in [-0.39, 0.29) is 6.04 Å². The topological polar surface area (TPSA) is 29.3 Å². The first-order valence-electron chi connectivity index (χ1n) is 7.90. The Morgan fingerprint density at radius 3 is 2.52 bits per heavy atom. The number of benzene rings is 2. The lowest BCUT2D eigenvalue weighted by Crippen LogP contribution is -2.31. The van der Waals surface area contributed by atoms with E-state index in [1.54, 1.807) is 0 Å². The molecule has 0 radical (unpaired) electrons. The van der Waals surface area contributed by atoms with E-state index in [2.05, 4.69) is 67.3 Å². The first-order valence-corrected chi connectivity index (χ1v) is 7.90. The second-order valence-electron chi connectivity index (χ2n) is 6.12. The molecule has 110 valence electrons. The minimum atomic E-state index is 0.102. The van der Waals surface area contributed by atoms with Gasteiger partial charge in [0.25, 0.3) is 0 Å². The van der Waals surface area contributed by atoms with Crippen molar-refractivity contribution in [3.05, 3.63) is 59.7 Å². The molecular weight excluding hydrogens is 256 g/mol. The van der Waals surface area contributed by atoms with Crippen molar-refractivity contribution in [3.63, 3.8) is 0 Å². The maximum absolute atomic E-state index is 6.33. The van der Waals surface area contributed by atoms with Crippen LogP contribution in [0.4, 0.5) is 11.4 Å². The molecule has 2 aromatic carbocycles. The first-order chi connectivity index (χ1) is 10.2. The minimum absolute atomic E-state index is 0.102. The van der Waals surface area contributed by atoms with Crippen LogP contribution < -0.4 is 10.6 Å². The molecule has 0 spiro atoms. The summed E-state index contributed by atoms with van der Waals surface area (Å²) in [5, 5.41) is 0. The molecule has 3 rings (SSSR count). The van der Waals surface area contributed by atoms with E-state index in [9.17, 15) is 0 Å². The predicted molar refractivity (Wildman–Crippen MR) is 90.0 cm³/mol. The van der Waals surface area contributed by atoms with Gasteiger partial charge in [-0.2, -0.15) is 0 Å². The standard InChI is InChI=1S/C19H24N2/c1-3-17(20)16-9-5-7-11-19(16)21-13-14(2)12-15-8-4-6-10-18(15)21/h4-11,14,17H,3,12-13,20H2,1-2H3. The number of hydrogen-bond donors (Lipinski definition) is 1. The van der Waals surface area contributed by atoms with Gasteiger partial charge in [-0.3, -0.25) is 0 Å². The van der Waals surface area contributed by atoms with Gasteiger partial charge in [-0.25, -0.2) is 0 Å². The van der Waals surface area contributed by atoms with Crippen LogP contribution >= 0.6 is 0 Å². The van der Waals surface area contributed by atoms with E-state index in [0.29, 0.717) is 5.92 Å². The Morgan fingerprint density at radius 2 is 1.76 bits per heavy atom. The predicted octanol–water partition coefficient (Wildman–Crippen LogP) is 4.43. The number of rotatable bonds is 3. The summed E-state index contributed by atoms with van der Waals surface area (Å²) in [5.74, 6) is 0.658. The average Bonchev–Trinajstić information content (AvgIpc) is 2.53. The molecule has 0 amide bonds. The third kappa shape index (κ3) is 2.68. The Labute approximate surface area is 127 Å². The zero-order valence-electron chi connectivity index (χ0n) is 12.9. The Kier molecular flexibility index (Phi) is 3.98. The molecule has 0 aromatic heterocycles. The van der Waals surface area contributed by atoms with Crippen LogP contribution in [0.15, 0.2) is 48.5 Å². The molecule has 21 heavy (non-hydrogen) atoms. The summed E-state index contributed by atoms with van der Waals surface area (Å²) in [6, 6.07) is 17.4. The molecule has 0 saturated carbocycles. The van der Waals surface area contributed by atoms with Crippen LogP contribution in [-0.4, -0.2) is 6.54 Å². The molecule has 2 nitrogen and oxygen atoms in total. The summed E-state index contributed by atoms with van der Waals surface area (Å²) in [7, 11) is 0. The van der Waals surface area contributed by atoms with E-state index in [4.69, 9.17) is 5.73 Å². The van der Waals surface area contributed by atoms with Gasteiger partial charge >= 0.3 is 0 Å². The number of hydrogen-bond acceptors (Lipinski definition) is 2. The Morgan fingerprint density at radius 1 is 1.10 bits per heavy atom. The van der Waals surface area contributed by atoms with Crippen LogP contribution in [-0.2, 0) is 6.42 Å². The van der Waals surface area contributed by atoms with Crippen molar-refractivity contribution in [1.29, 1.82) is 0 Å². The number of nitrogens with zero attached hydrogens (tertiary/aromatic N) is 1. The highest BCUT2D eigenvalue weighted by Crippen LogP contribution is 2.38. The maximum atomic E-state index is 6.33. The van der Waals surface area contributed by atoms with Gasteiger partial charge in [0.05, 0.1) is 0 Å². The van der Waals surface area contributed by atoms with Crippen molar-refractivity contribution >= 4 is 11.4 Å². The lowest BCUT2D eigenvalue weighted by Gasteiger charge is -2.36. The van der Waals surface area contributed by atoms with Gasteiger partial charge in [0.2, 0.25) is 0 Å². The molecule has 1 aliphatic rings. The van der Waals surface area contributed by atoms with Crippen molar-refractivity contribution in [2.24, 2.45) is 11.7 Å². The lowest BCUT2D eigenvalue weighted by molar-refractivity contribution is 0.560. The Balaban J connectivity index is 2.09. The van der Waals surface area contributed by atoms with Gasteiger partial charge in [-0.15, -0.1) is 0 Å². The molecule has 2 unspecified atom stereocenters. The zero-order valence-corrected chi connectivity index (χ0v) is 12.9. The van der Waals surface area contributed by atoms with Gasteiger partial charge in [0.15, 0.2) is 0 Å². The van der Waals surface area contributed by atoms with Gasteiger partial charge < -0.3 is 10.6 Å². The molecule has 2 aromatic rings. The second-order valence-corrected chi connectivity index (χ2v) is 6.12. The van der Waals surface area contributed by atoms with Crippen molar-refractivity contribution in [2.45, 2.75) is 32.7 Å². The van der Waals surface area contributed by atoms with Crippen LogP contribution in [0.3, 0.4) is 0 Å². The quantitative estimate of drug-likeness (QED) is 0.901. The van der Waals surface area contributed by atoms with Crippen molar-refractivity contribution < 1.29 is 0 Å². The summed E-state index contributed by atoms with van der Waals surface area (Å²) in [5.41, 5.74) is 11.6. The molecule has 0 fully saturated rings. The fourth-order valence-electron chi connectivity index (χ4n) is 3.29. The van der Waals surface area contributed by atoms with Gasteiger partial charge in [-0.05, 0) is 42.0 Å². The van der Waals surface area contributed by atoms with Crippen molar-refractivity contribution in [2.75, 3.05) is 11.4 Å². The summed E-state index contributed by atoms with van der Waals surface area (Å²) >= 11 is 0. The number of nitrogens with two attached hydrogens (primary N) is 1. The third-order valence-electron chi connectivity index (χ3n) is 4.41. The fraction of sp³-hybridized carbons (Fsp3) is 0.368. The number of fused-ring (bicyclic) bond motifs is 1. The molecule has 0 saturated heterocycles. The summed E-state index contributed by atoms with van der Waals surface area (Å²) in [4.78, 5) is 2.45. The largest absolute Gasteiger partial charge is 0.341 e. The molecule has 2 atom stereocenters. The molecule has 1 aliphatic heterocycles. The number of anilines is 2. The van der Waals surface area contributed by atoms with Gasteiger partial charge in [-0.1, -0.05) is 50.2 Å². The highest BCUT2D eigenvalue weighted by atomic mass is 15.1. The molecule has 2 heteroatoms. The summed E-state index contributed by atoms with van der Waals surface area (Å²) in [6.07, 6.45) is 2.12. The van der Waals surface area contributed by atoms with Crippen LogP contribution in [0.1, 0.15) is 37.4 Å². The molecule has 0 aliphatic carbocycles. The zero-order chi connectivity index (χ0) is 14.8. The van der Waals surface area contributed by atoms with E-state index in [1.165, 1.54) is 22.5 Å². The van der Waals surface area contributed by atoms with E-state index >= 15 is 0 Å². The normalized spacial score (nSPS) is 19.2. The van der Waals surface area contributed by atoms with Crippen LogP contribution in [0.2, 0.25) is 0 Å². The Bertz CT molecular complexity index is 620. The molecule has 2 N–H and O–H groups in total. The van der Waals surface area contributed by atoms with Gasteiger partial charge in [0, 0.05) is 24.0 Å². The molecule has 0 bridgehead atoms. The number of para-hydroxylation sites is 2. The van der Waals surface area contributed by atoms with Gasteiger partial charge in [0.1, 0.15) is 0 Å². The van der Waals surface area contributed by atoms with Crippen LogP contribution in [0.5, 0.6) is 0 Å². The second kappa shape index (κ2) is 5.90. The van der Waals surface area contributed by atoms with E-state index < -0.39 is 0 Å². The van der Waals surface area contributed by atoms with Crippen LogP contribution in [0, 0.1) is 5.92 Å². The maximum Gasteiger partial charge on any atom is 0.0459 e. The molecule has 1 heterocycles. The fourth-order valence-corrected chi connectivity index (χ4v) is 3.29. The minimum Gasteiger partial charge on any atom is -0.341 e. The SMILES string of the molecule is CCC(N)c1ccccc1N1CC(C)Cc2ccccc21. The first kappa shape index (κ1) is 14.2. The smallest absolute Gasteiger partial charge is 0.0459 e.